The van der Waals surface area contributed by atoms with Crippen LogP contribution in [0.25, 0.3) is 10.8 Å². The molecular formula is C24H27N5O3. The number of carbonyl (C=O) groups excluding carboxylic acids is 2. The molecule has 1 aliphatic heterocycles. The largest absolute Gasteiger partial charge is 0.290 e. The van der Waals surface area contributed by atoms with Gasteiger partial charge in [0.2, 0.25) is 0 Å². The Morgan fingerprint density at radius 2 is 1.75 bits per heavy atom. The first-order valence-electron chi connectivity index (χ1n) is 11.0. The molecule has 1 saturated heterocycles. The highest BCUT2D eigenvalue weighted by Gasteiger charge is 2.31. The number of likely N-dealkylation sites (tertiary alicyclic amines) is 1. The maximum atomic E-state index is 12.9. The van der Waals surface area contributed by atoms with E-state index in [1.807, 2.05) is 37.3 Å². The van der Waals surface area contributed by atoms with Crippen LogP contribution in [0.15, 0.2) is 59.4 Å². The molecule has 2 N–H and O–H groups in total. The van der Waals surface area contributed by atoms with Crippen LogP contribution in [0.1, 0.15) is 42.2 Å². The smallest absolute Gasteiger partial charge is 0.288 e. The number of carbonyl (C=O) groups is 2. The Hall–Kier alpha value is -3.52. The number of benzene rings is 2. The van der Waals surface area contributed by atoms with Gasteiger partial charge in [-0.25, -0.2) is 4.68 Å². The first kappa shape index (κ1) is 21.7. The predicted octanol–water partition coefficient (Wildman–Crippen LogP) is 2.23. The van der Waals surface area contributed by atoms with E-state index in [-0.39, 0.29) is 23.2 Å². The monoisotopic (exact) mass is 433 g/mol. The molecular weight excluding hydrogens is 406 g/mol. The van der Waals surface area contributed by atoms with E-state index in [9.17, 15) is 14.4 Å². The summed E-state index contributed by atoms with van der Waals surface area (Å²) in [5.74, 6) is -0.801. The van der Waals surface area contributed by atoms with Gasteiger partial charge in [0.05, 0.1) is 11.4 Å². The van der Waals surface area contributed by atoms with Crippen molar-refractivity contribution < 1.29 is 9.59 Å². The molecule has 2 heterocycles. The number of aromatic nitrogens is 2. The highest BCUT2D eigenvalue weighted by atomic mass is 16.2. The van der Waals surface area contributed by atoms with Crippen LogP contribution in [0.4, 0.5) is 0 Å². The highest BCUT2D eigenvalue weighted by Crippen LogP contribution is 2.20. The normalized spacial score (nSPS) is 16.2. The zero-order valence-corrected chi connectivity index (χ0v) is 18.1. The zero-order valence-electron chi connectivity index (χ0n) is 18.1. The molecule has 0 bridgehead atoms. The quantitative estimate of drug-likeness (QED) is 0.581. The summed E-state index contributed by atoms with van der Waals surface area (Å²) in [6, 6.07) is 16.6. The second-order valence-electron chi connectivity index (χ2n) is 7.98. The van der Waals surface area contributed by atoms with Gasteiger partial charge in [-0.2, -0.15) is 5.10 Å². The van der Waals surface area contributed by atoms with E-state index in [1.54, 1.807) is 24.3 Å². The summed E-state index contributed by atoms with van der Waals surface area (Å²) < 4.78 is 1.30. The van der Waals surface area contributed by atoms with Crippen molar-refractivity contribution in [1.29, 1.82) is 0 Å². The standard InChI is InChI=1S/C24H27N5O3/c1-2-14-29-24(32)19-12-7-6-11-18(19)21(27-29)23(31)26-25-22(30)20-13-8-15-28(20)16-17-9-4-3-5-10-17/h3-7,9-12,20H,2,8,13-16H2,1H3,(H,25,30)(H,26,31). The molecule has 1 fully saturated rings. The molecule has 3 aromatic rings. The first-order valence-corrected chi connectivity index (χ1v) is 11.0. The van der Waals surface area contributed by atoms with Crippen LogP contribution in [-0.4, -0.2) is 39.1 Å². The second kappa shape index (κ2) is 9.74. The maximum absolute atomic E-state index is 12.9. The summed E-state index contributed by atoms with van der Waals surface area (Å²) >= 11 is 0. The number of hydrogen-bond acceptors (Lipinski definition) is 5. The molecule has 2 aromatic carbocycles. The summed E-state index contributed by atoms with van der Waals surface area (Å²) in [7, 11) is 0. The summed E-state index contributed by atoms with van der Waals surface area (Å²) in [6.07, 6.45) is 2.37. The summed E-state index contributed by atoms with van der Waals surface area (Å²) in [5.41, 5.74) is 6.08. The molecule has 2 amide bonds. The molecule has 32 heavy (non-hydrogen) atoms. The Bertz CT molecular complexity index is 1180. The van der Waals surface area contributed by atoms with Crippen molar-refractivity contribution in [2.75, 3.05) is 6.54 Å². The van der Waals surface area contributed by atoms with Gasteiger partial charge in [-0.15, -0.1) is 0 Å². The maximum Gasteiger partial charge on any atom is 0.290 e. The lowest BCUT2D eigenvalue weighted by molar-refractivity contribution is -0.126. The predicted molar refractivity (Wildman–Crippen MR) is 122 cm³/mol. The lowest BCUT2D eigenvalue weighted by Gasteiger charge is -2.23. The second-order valence-corrected chi connectivity index (χ2v) is 7.98. The van der Waals surface area contributed by atoms with E-state index in [4.69, 9.17) is 0 Å². The molecule has 0 saturated carbocycles. The molecule has 4 rings (SSSR count). The van der Waals surface area contributed by atoms with Crippen molar-refractivity contribution >= 4 is 22.6 Å². The number of nitrogens with one attached hydrogen (secondary N) is 2. The minimum atomic E-state index is -0.549. The van der Waals surface area contributed by atoms with Gasteiger partial charge in [-0.1, -0.05) is 55.5 Å². The van der Waals surface area contributed by atoms with Crippen LogP contribution in [0.2, 0.25) is 0 Å². The average molecular weight is 434 g/mol. The molecule has 8 nitrogen and oxygen atoms in total. The Morgan fingerprint density at radius 1 is 1.03 bits per heavy atom. The summed E-state index contributed by atoms with van der Waals surface area (Å²) in [5, 5.41) is 5.16. The Morgan fingerprint density at radius 3 is 2.50 bits per heavy atom. The van der Waals surface area contributed by atoms with Gasteiger partial charge in [-0.05, 0) is 37.4 Å². The van der Waals surface area contributed by atoms with Gasteiger partial charge < -0.3 is 0 Å². The molecule has 1 unspecified atom stereocenters. The SMILES string of the molecule is CCCn1nc(C(=O)NNC(=O)C2CCCN2Cc2ccccc2)c2ccccc2c1=O. The van der Waals surface area contributed by atoms with Gasteiger partial charge >= 0.3 is 0 Å². The van der Waals surface area contributed by atoms with Crippen molar-refractivity contribution in [3.63, 3.8) is 0 Å². The highest BCUT2D eigenvalue weighted by molar-refractivity contribution is 6.05. The molecule has 1 aromatic heterocycles. The molecule has 0 spiro atoms. The van der Waals surface area contributed by atoms with E-state index in [2.05, 4.69) is 20.9 Å². The zero-order chi connectivity index (χ0) is 22.5. The fourth-order valence-corrected chi connectivity index (χ4v) is 4.16. The molecule has 1 aliphatic rings. The van der Waals surface area contributed by atoms with Gasteiger partial charge in [0.15, 0.2) is 5.69 Å². The van der Waals surface area contributed by atoms with Gasteiger partial charge in [0, 0.05) is 18.5 Å². The first-order chi connectivity index (χ1) is 15.6. The van der Waals surface area contributed by atoms with E-state index in [0.717, 1.165) is 24.9 Å². The van der Waals surface area contributed by atoms with E-state index >= 15 is 0 Å². The number of aryl methyl sites for hydroxylation is 1. The van der Waals surface area contributed by atoms with Gasteiger partial charge in [0.1, 0.15) is 0 Å². The number of hydrazine groups is 1. The molecule has 8 heteroatoms. The van der Waals surface area contributed by atoms with Crippen molar-refractivity contribution in [3.8, 4) is 0 Å². The third-order valence-electron chi connectivity index (χ3n) is 5.71. The van der Waals surface area contributed by atoms with Crippen molar-refractivity contribution in [2.24, 2.45) is 0 Å². The average Bonchev–Trinajstić information content (AvgIpc) is 3.28. The third kappa shape index (κ3) is 4.55. The number of fused-ring (bicyclic) bond motifs is 1. The summed E-state index contributed by atoms with van der Waals surface area (Å²) in [4.78, 5) is 40.5. The topological polar surface area (TPSA) is 96.3 Å². The minimum absolute atomic E-state index is 0.113. The van der Waals surface area contributed by atoms with E-state index in [1.165, 1.54) is 4.68 Å². The van der Waals surface area contributed by atoms with Crippen LogP contribution in [-0.2, 0) is 17.9 Å². The van der Waals surface area contributed by atoms with E-state index in [0.29, 0.717) is 30.3 Å². The number of nitrogens with zero attached hydrogens (tertiary/aromatic N) is 3. The fraction of sp³-hybridized carbons (Fsp3) is 0.333. The van der Waals surface area contributed by atoms with Crippen LogP contribution in [0.3, 0.4) is 0 Å². The van der Waals surface area contributed by atoms with Crippen LogP contribution < -0.4 is 16.4 Å². The lowest BCUT2D eigenvalue weighted by atomic mass is 10.1. The third-order valence-corrected chi connectivity index (χ3v) is 5.71. The van der Waals surface area contributed by atoms with Crippen molar-refractivity contribution in [1.82, 2.24) is 25.5 Å². The number of rotatable bonds is 6. The van der Waals surface area contributed by atoms with Crippen molar-refractivity contribution in [2.45, 2.75) is 45.3 Å². The van der Waals surface area contributed by atoms with Gasteiger partial charge in [0.25, 0.3) is 17.4 Å². The molecule has 0 aliphatic carbocycles. The van der Waals surface area contributed by atoms with Crippen molar-refractivity contribution in [3.05, 3.63) is 76.2 Å². The molecule has 0 radical (unpaired) electrons. The van der Waals surface area contributed by atoms with E-state index < -0.39 is 5.91 Å². The fourth-order valence-electron chi connectivity index (χ4n) is 4.16. The van der Waals surface area contributed by atoms with Crippen LogP contribution in [0, 0.1) is 0 Å². The van der Waals surface area contributed by atoms with Gasteiger partial charge in [-0.3, -0.25) is 30.1 Å². The molecule has 1 atom stereocenters. The lowest BCUT2D eigenvalue weighted by Crippen LogP contribution is -2.50. The Kier molecular flexibility index (Phi) is 6.61. The van der Waals surface area contributed by atoms with Crippen LogP contribution in [0.5, 0.6) is 0 Å². The minimum Gasteiger partial charge on any atom is -0.288 e. The Labute approximate surface area is 186 Å². The van der Waals surface area contributed by atoms with Crippen LogP contribution >= 0.6 is 0 Å². The summed E-state index contributed by atoms with van der Waals surface area (Å²) in [6.45, 7) is 3.86. The Balaban J connectivity index is 1.47. The number of hydrogen-bond donors (Lipinski definition) is 2. The molecule has 166 valence electrons. The number of amides is 2.